The molecule has 0 unspecified atom stereocenters. The molecule has 0 fully saturated rings. The molecule has 0 aliphatic heterocycles. The van der Waals surface area contributed by atoms with Crippen molar-refractivity contribution in [3.8, 4) is 0 Å². The predicted molar refractivity (Wildman–Crippen MR) is 106 cm³/mol. The van der Waals surface area contributed by atoms with Crippen molar-refractivity contribution in [1.29, 1.82) is 0 Å². The SMILES string of the molecule is C=Cc1ccc(N(c2ccccc2)c2ccc(N(C)C)cc2)cc1. The smallest absolute Gasteiger partial charge is 0.0463 e. The Bertz CT molecular complexity index is 788. The Morgan fingerprint density at radius 1 is 0.625 bits per heavy atom. The number of hydrogen-bond donors (Lipinski definition) is 0. The molecule has 3 aromatic rings. The number of hydrogen-bond acceptors (Lipinski definition) is 2. The largest absolute Gasteiger partial charge is 0.378 e. The summed E-state index contributed by atoms with van der Waals surface area (Å²) in [7, 11) is 4.11. The molecular formula is C22H22N2. The maximum absolute atomic E-state index is 3.83. The van der Waals surface area contributed by atoms with Gasteiger partial charge in [0.25, 0.3) is 0 Å². The van der Waals surface area contributed by atoms with Gasteiger partial charge in [0.15, 0.2) is 0 Å². The summed E-state index contributed by atoms with van der Waals surface area (Å²) in [5.74, 6) is 0. The van der Waals surface area contributed by atoms with Crippen LogP contribution in [0.4, 0.5) is 22.7 Å². The number of para-hydroxylation sites is 1. The van der Waals surface area contributed by atoms with E-state index in [1.54, 1.807) is 0 Å². The van der Waals surface area contributed by atoms with Gasteiger partial charge in [0, 0.05) is 36.8 Å². The first-order valence-electron chi connectivity index (χ1n) is 8.04. The Morgan fingerprint density at radius 2 is 1.08 bits per heavy atom. The fourth-order valence-electron chi connectivity index (χ4n) is 2.68. The molecule has 0 aliphatic rings. The van der Waals surface area contributed by atoms with Crippen molar-refractivity contribution in [3.63, 3.8) is 0 Å². The van der Waals surface area contributed by atoms with Crippen molar-refractivity contribution < 1.29 is 0 Å². The Hall–Kier alpha value is -3.00. The fraction of sp³-hybridized carbons (Fsp3) is 0.0909. The van der Waals surface area contributed by atoms with Crippen LogP contribution in [0.2, 0.25) is 0 Å². The molecule has 0 N–H and O–H groups in total. The van der Waals surface area contributed by atoms with Crippen LogP contribution in [-0.4, -0.2) is 14.1 Å². The van der Waals surface area contributed by atoms with Gasteiger partial charge >= 0.3 is 0 Å². The van der Waals surface area contributed by atoms with E-state index >= 15 is 0 Å². The summed E-state index contributed by atoms with van der Waals surface area (Å²) in [5, 5.41) is 0. The van der Waals surface area contributed by atoms with Crippen molar-refractivity contribution in [1.82, 2.24) is 0 Å². The summed E-state index contributed by atoms with van der Waals surface area (Å²) in [6.07, 6.45) is 1.86. The second kappa shape index (κ2) is 7.05. The van der Waals surface area contributed by atoms with Gasteiger partial charge in [-0.2, -0.15) is 0 Å². The highest BCUT2D eigenvalue weighted by Gasteiger charge is 2.12. The van der Waals surface area contributed by atoms with Crippen molar-refractivity contribution in [3.05, 3.63) is 91.0 Å². The van der Waals surface area contributed by atoms with Crippen LogP contribution < -0.4 is 9.80 Å². The Morgan fingerprint density at radius 3 is 1.58 bits per heavy atom. The van der Waals surface area contributed by atoms with E-state index < -0.39 is 0 Å². The molecule has 120 valence electrons. The van der Waals surface area contributed by atoms with Gasteiger partial charge in [0.05, 0.1) is 0 Å². The molecule has 2 nitrogen and oxygen atoms in total. The number of anilines is 4. The van der Waals surface area contributed by atoms with Gasteiger partial charge in [-0.3, -0.25) is 0 Å². The lowest BCUT2D eigenvalue weighted by Crippen LogP contribution is -2.11. The van der Waals surface area contributed by atoms with Gasteiger partial charge < -0.3 is 9.80 Å². The highest BCUT2D eigenvalue weighted by atomic mass is 15.1. The van der Waals surface area contributed by atoms with Crippen molar-refractivity contribution in [2.24, 2.45) is 0 Å². The monoisotopic (exact) mass is 314 g/mol. The third-order valence-electron chi connectivity index (χ3n) is 4.03. The van der Waals surface area contributed by atoms with Gasteiger partial charge in [0.1, 0.15) is 0 Å². The zero-order valence-corrected chi connectivity index (χ0v) is 14.2. The molecular weight excluding hydrogens is 292 g/mol. The Labute approximate surface area is 144 Å². The maximum atomic E-state index is 3.83. The summed E-state index contributed by atoms with van der Waals surface area (Å²) in [6.45, 7) is 3.83. The van der Waals surface area contributed by atoms with Crippen LogP contribution in [0, 0.1) is 0 Å². The van der Waals surface area contributed by atoms with E-state index in [1.807, 2.05) is 12.1 Å². The van der Waals surface area contributed by atoms with E-state index in [0.29, 0.717) is 0 Å². The molecule has 0 heterocycles. The standard InChI is InChI=1S/C22H22N2/c1-4-18-10-12-21(13-11-18)24(20-8-6-5-7-9-20)22-16-14-19(15-17-22)23(2)3/h4-17H,1H2,2-3H3. The highest BCUT2D eigenvalue weighted by Crippen LogP contribution is 2.35. The highest BCUT2D eigenvalue weighted by molar-refractivity contribution is 5.77. The molecule has 0 radical (unpaired) electrons. The van der Waals surface area contributed by atoms with E-state index in [4.69, 9.17) is 0 Å². The Kier molecular flexibility index (Phi) is 4.66. The molecule has 0 saturated carbocycles. The van der Waals surface area contributed by atoms with Gasteiger partial charge in [-0.05, 0) is 54.1 Å². The van der Waals surface area contributed by atoms with Gasteiger partial charge in [-0.25, -0.2) is 0 Å². The first kappa shape index (κ1) is 15.9. The van der Waals surface area contributed by atoms with Gasteiger partial charge in [-0.1, -0.05) is 43.0 Å². The second-order valence-electron chi connectivity index (χ2n) is 5.88. The summed E-state index contributed by atoms with van der Waals surface area (Å²) in [4.78, 5) is 4.36. The molecule has 0 saturated heterocycles. The molecule has 0 aliphatic carbocycles. The van der Waals surface area contributed by atoms with Gasteiger partial charge in [-0.15, -0.1) is 0 Å². The summed E-state index contributed by atoms with van der Waals surface area (Å²) >= 11 is 0. The molecule has 0 spiro atoms. The minimum atomic E-state index is 1.12. The van der Waals surface area contributed by atoms with Crippen LogP contribution in [0.15, 0.2) is 85.4 Å². The summed E-state index contributed by atoms with van der Waals surface area (Å²) in [5.41, 5.74) is 5.72. The number of nitrogens with zero attached hydrogens (tertiary/aromatic N) is 2. The molecule has 3 rings (SSSR count). The molecule has 0 atom stereocenters. The van der Waals surface area contributed by atoms with Crippen LogP contribution in [-0.2, 0) is 0 Å². The van der Waals surface area contributed by atoms with Gasteiger partial charge in [0.2, 0.25) is 0 Å². The lowest BCUT2D eigenvalue weighted by molar-refractivity contribution is 1.13. The minimum Gasteiger partial charge on any atom is -0.378 e. The predicted octanol–water partition coefficient (Wildman–Crippen LogP) is 5.87. The second-order valence-corrected chi connectivity index (χ2v) is 5.88. The van der Waals surface area contributed by atoms with E-state index in [1.165, 1.54) is 5.69 Å². The average molecular weight is 314 g/mol. The molecule has 0 bridgehead atoms. The molecule has 2 heteroatoms. The molecule has 0 amide bonds. The Balaban J connectivity index is 2.06. The van der Waals surface area contributed by atoms with Crippen LogP contribution in [0.3, 0.4) is 0 Å². The van der Waals surface area contributed by atoms with Crippen LogP contribution >= 0.6 is 0 Å². The average Bonchev–Trinajstić information content (AvgIpc) is 2.64. The summed E-state index contributed by atoms with van der Waals surface area (Å²) in [6, 6.07) is 27.5. The molecule has 24 heavy (non-hydrogen) atoms. The molecule has 3 aromatic carbocycles. The lowest BCUT2D eigenvalue weighted by atomic mass is 10.1. The zero-order chi connectivity index (χ0) is 16.9. The quantitative estimate of drug-likeness (QED) is 0.581. The number of benzene rings is 3. The van der Waals surface area contributed by atoms with Crippen molar-refractivity contribution in [2.45, 2.75) is 0 Å². The van der Waals surface area contributed by atoms with Crippen LogP contribution in [0.1, 0.15) is 5.56 Å². The van der Waals surface area contributed by atoms with Crippen LogP contribution in [0.25, 0.3) is 6.08 Å². The number of rotatable bonds is 5. The van der Waals surface area contributed by atoms with Crippen molar-refractivity contribution in [2.75, 3.05) is 23.9 Å². The van der Waals surface area contributed by atoms with Crippen molar-refractivity contribution >= 4 is 28.8 Å². The zero-order valence-electron chi connectivity index (χ0n) is 14.2. The third-order valence-corrected chi connectivity index (χ3v) is 4.03. The van der Waals surface area contributed by atoms with E-state index in [-0.39, 0.29) is 0 Å². The molecule has 0 aromatic heterocycles. The van der Waals surface area contributed by atoms with E-state index in [9.17, 15) is 0 Å². The summed E-state index contributed by atoms with van der Waals surface area (Å²) < 4.78 is 0. The normalized spacial score (nSPS) is 10.2. The van der Waals surface area contributed by atoms with E-state index in [0.717, 1.165) is 22.6 Å². The van der Waals surface area contributed by atoms with E-state index in [2.05, 4.69) is 103 Å². The third kappa shape index (κ3) is 3.33. The first-order valence-corrected chi connectivity index (χ1v) is 8.04. The lowest BCUT2D eigenvalue weighted by Gasteiger charge is -2.26. The first-order chi connectivity index (χ1) is 11.7. The van der Waals surface area contributed by atoms with Crippen LogP contribution in [0.5, 0.6) is 0 Å². The topological polar surface area (TPSA) is 6.48 Å². The maximum Gasteiger partial charge on any atom is 0.0463 e. The minimum absolute atomic E-state index is 1.12. The fourth-order valence-corrected chi connectivity index (χ4v) is 2.68.